The van der Waals surface area contributed by atoms with Crippen LogP contribution in [0.1, 0.15) is 34.6 Å². The van der Waals surface area contributed by atoms with Gasteiger partial charge in [0.15, 0.2) is 5.78 Å². The van der Waals surface area contributed by atoms with Crippen LogP contribution >= 0.6 is 0 Å². The van der Waals surface area contributed by atoms with Gasteiger partial charge in [-0.3, -0.25) is 9.69 Å². The molecule has 0 bridgehead atoms. The third-order valence-corrected chi connectivity index (χ3v) is 2.99. The maximum absolute atomic E-state index is 11.9. The number of carbonyl (C=O) groups excluding carboxylic acids is 1. The fourth-order valence-electron chi connectivity index (χ4n) is 1.59. The van der Waals surface area contributed by atoms with Crippen molar-refractivity contribution < 1.29 is 9.53 Å². The van der Waals surface area contributed by atoms with Crippen LogP contribution in [0.15, 0.2) is 0 Å². The Kier molecular flexibility index (Phi) is 3.56. The Hall–Kier alpha value is -0.410. The van der Waals surface area contributed by atoms with Gasteiger partial charge in [-0.05, 0) is 13.8 Å². The van der Waals surface area contributed by atoms with E-state index in [1.165, 1.54) is 0 Å². The van der Waals surface area contributed by atoms with Crippen LogP contribution in [0.3, 0.4) is 0 Å². The summed E-state index contributed by atoms with van der Waals surface area (Å²) in [6.45, 7) is 13.0. The lowest BCUT2D eigenvalue weighted by molar-refractivity contribution is -0.132. The first-order chi connectivity index (χ1) is 6.73. The molecule has 0 spiro atoms. The van der Waals surface area contributed by atoms with Gasteiger partial charge in [-0.25, -0.2) is 0 Å². The molecule has 88 valence electrons. The van der Waals surface area contributed by atoms with Crippen LogP contribution in [0.5, 0.6) is 0 Å². The van der Waals surface area contributed by atoms with Crippen molar-refractivity contribution in [1.29, 1.82) is 0 Å². The summed E-state index contributed by atoms with van der Waals surface area (Å²) in [6, 6.07) is 0. The van der Waals surface area contributed by atoms with E-state index in [1.54, 1.807) is 0 Å². The first kappa shape index (κ1) is 12.7. The van der Waals surface area contributed by atoms with Gasteiger partial charge < -0.3 is 4.74 Å². The van der Waals surface area contributed by atoms with Gasteiger partial charge in [0.25, 0.3) is 0 Å². The van der Waals surface area contributed by atoms with E-state index in [1.807, 2.05) is 20.8 Å². The molecule has 0 aromatic rings. The lowest BCUT2D eigenvalue weighted by atomic mass is 9.89. The number of ketones is 1. The van der Waals surface area contributed by atoms with Crippen molar-refractivity contribution in [2.75, 3.05) is 26.3 Å². The molecule has 3 heteroatoms. The van der Waals surface area contributed by atoms with E-state index in [4.69, 9.17) is 4.74 Å². The van der Waals surface area contributed by atoms with E-state index < -0.39 is 0 Å². The Balaban J connectivity index is 2.61. The van der Waals surface area contributed by atoms with Crippen LogP contribution < -0.4 is 0 Å². The molecule has 0 radical (unpaired) electrons. The molecule has 1 rings (SSSR count). The molecular weight excluding hydrogens is 190 g/mol. The van der Waals surface area contributed by atoms with E-state index in [2.05, 4.69) is 18.7 Å². The average molecular weight is 213 g/mol. The Morgan fingerprint density at radius 1 is 1.40 bits per heavy atom. The monoisotopic (exact) mass is 213 g/mol. The molecule has 1 heterocycles. The second kappa shape index (κ2) is 4.22. The van der Waals surface area contributed by atoms with Gasteiger partial charge in [-0.2, -0.15) is 0 Å². The largest absolute Gasteiger partial charge is 0.378 e. The standard InChI is InChI=1S/C12H23NO2/c1-11(2,3)10(14)8-13-6-7-15-9-12(13,4)5/h6-9H2,1-5H3. The van der Waals surface area contributed by atoms with Crippen LogP contribution in [-0.4, -0.2) is 42.5 Å². The van der Waals surface area contributed by atoms with Crippen molar-refractivity contribution in [2.45, 2.75) is 40.2 Å². The zero-order chi connectivity index (χ0) is 11.7. The zero-order valence-corrected chi connectivity index (χ0v) is 10.6. The molecule has 1 aliphatic rings. The van der Waals surface area contributed by atoms with Crippen LogP contribution in [0.4, 0.5) is 0 Å². The van der Waals surface area contributed by atoms with E-state index in [0.29, 0.717) is 18.9 Å². The number of morpholine rings is 1. The van der Waals surface area contributed by atoms with E-state index >= 15 is 0 Å². The Morgan fingerprint density at radius 2 is 2.00 bits per heavy atom. The molecule has 0 saturated carbocycles. The van der Waals surface area contributed by atoms with Crippen LogP contribution in [-0.2, 0) is 9.53 Å². The second-order valence-electron chi connectivity index (χ2n) is 5.96. The summed E-state index contributed by atoms with van der Waals surface area (Å²) in [5.41, 5.74) is -0.256. The lowest BCUT2D eigenvalue weighted by Crippen LogP contribution is -2.55. The fourth-order valence-corrected chi connectivity index (χ4v) is 1.59. The number of carbonyl (C=O) groups is 1. The highest BCUT2D eigenvalue weighted by Gasteiger charge is 2.34. The Morgan fingerprint density at radius 3 is 2.47 bits per heavy atom. The minimum atomic E-state index is -0.242. The van der Waals surface area contributed by atoms with Crippen molar-refractivity contribution in [3.8, 4) is 0 Å². The summed E-state index contributed by atoms with van der Waals surface area (Å²) >= 11 is 0. The predicted octanol–water partition coefficient (Wildman–Crippen LogP) is 1.71. The van der Waals surface area contributed by atoms with Gasteiger partial charge in [0.1, 0.15) is 0 Å². The highest BCUT2D eigenvalue weighted by atomic mass is 16.5. The van der Waals surface area contributed by atoms with Crippen molar-refractivity contribution in [3.63, 3.8) is 0 Å². The maximum atomic E-state index is 11.9. The number of rotatable bonds is 2. The quantitative estimate of drug-likeness (QED) is 0.699. The van der Waals surface area contributed by atoms with Crippen LogP contribution in [0.25, 0.3) is 0 Å². The number of hydrogen-bond acceptors (Lipinski definition) is 3. The molecule has 3 nitrogen and oxygen atoms in total. The molecule has 0 N–H and O–H groups in total. The van der Waals surface area contributed by atoms with Gasteiger partial charge >= 0.3 is 0 Å². The Labute approximate surface area is 92.8 Å². The van der Waals surface area contributed by atoms with E-state index in [9.17, 15) is 4.79 Å². The SMILES string of the molecule is CC(C)(C)C(=O)CN1CCOCC1(C)C. The number of hydrogen-bond donors (Lipinski definition) is 0. The minimum Gasteiger partial charge on any atom is -0.378 e. The van der Waals surface area contributed by atoms with E-state index in [-0.39, 0.29) is 11.0 Å². The molecule has 0 aromatic heterocycles. The van der Waals surface area contributed by atoms with Crippen molar-refractivity contribution in [1.82, 2.24) is 4.90 Å². The molecule has 0 amide bonds. The van der Waals surface area contributed by atoms with Gasteiger partial charge in [-0.15, -0.1) is 0 Å². The molecule has 0 atom stereocenters. The van der Waals surface area contributed by atoms with Gasteiger partial charge in [0, 0.05) is 17.5 Å². The first-order valence-corrected chi connectivity index (χ1v) is 5.59. The smallest absolute Gasteiger partial charge is 0.152 e. The molecular formula is C12H23NO2. The van der Waals surface area contributed by atoms with Gasteiger partial charge in [-0.1, -0.05) is 20.8 Å². The number of nitrogens with zero attached hydrogens (tertiary/aromatic N) is 1. The Bertz CT molecular complexity index is 240. The highest BCUT2D eigenvalue weighted by Crippen LogP contribution is 2.22. The average Bonchev–Trinajstić information content (AvgIpc) is 2.06. The molecule has 0 aliphatic carbocycles. The van der Waals surface area contributed by atoms with Crippen molar-refractivity contribution in [2.24, 2.45) is 5.41 Å². The minimum absolute atomic E-state index is 0.0147. The fraction of sp³-hybridized carbons (Fsp3) is 0.917. The molecule has 0 unspecified atom stereocenters. The third kappa shape index (κ3) is 3.28. The van der Waals surface area contributed by atoms with E-state index in [0.717, 1.165) is 13.2 Å². The molecule has 1 saturated heterocycles. The van der Waals surface area contributed by atoms with Crippen LogP contribution in [0.2, 0.25) is 0 Å². The predicted molar refractivity (Wildman–Crippen MR) is 60.9 cm³/mol. The summed E-state index contributed by atoms with van der Waals surface area (Å²) in [7, 11) is 0. The summed E-state index contributed by atoms with van der Waals surface area (Å²) < 4.78 is 5.43. The maximum Gasteiger partial charge on any atom is 0.152 e. The summed E-state index contributed by atoms with van der Waals surface area (Å²) in [5.74, 6) is 0.303. The molecule has 1 fully saturated rings. The lowest BCUT2D eigenvalue weighted by Gasteiger charge is -2.42. The van der Waals surface area contributed by atoms with Crippen molar-refractivity contribution in [3.05, 3.63) is 0 Å². The molecule has 1 aliphatic heterocycles. The first-order valence-electron chi connectivity index (χ1n) is 5.59. The summed E-state index contributed by atoms with van der Waals surface area (Å²) in [4.78, 5) is 14.2. The van der Waals surface area contributed by atoms with Gasteiger partial charge in [0.05, 0.1) is 19.8 Å². The van der Waals surface area contributed by atoms with Crippen LogP contribution in [0, 0.1) is 5.41 Å². The number of Topliss-reactive ketones (excluding diaryl/α,β-unsaturated/α-hetero) is 1. The highest BCUT2D eigenvalue weighted by molar-refractivity contribution is 5.85. The van der Waals surface area contributed by atoms with Gasteiger partial charge in [0.2, 0.25) is 0 Å². The van der Waals surface area contributed by atoms with Crippen molar-refractivity contribution >= 4 is 5.78 Å². The normalized spacial score (nSPS) is 22.7. The molecule has 0 aromatic carbocycles. The summed E-state index contributed by atoms with van der Waals surface area (Å²) in [6.07, 6.45) is 0. The molecule has 15 heavy (non-hydrogen) atoms. The number of ether oxygens (including phenoxy) is 1. The zero-order valence-electron chi connectivity index (χ0n) is 10.6. The third-order valence-electron chi connectivity index (χ3n) is 2.99. The topological polar surface area (TPSA) is 29.5 Å². The second-order valence-corrected chi connectivity index (χ2v) is 5.96. The summed E-state index contributed by atoms with van der Waals surface area (Å²) in [5, 5.41) is 0.